The van der Waals surface area contributed by atoms with Gasteiger partial charge in [0.2, 0.25) is 5.91 Å². The first-order valence-electron chi connectivity index (χ1n) is 7.62. The van der Waals surface area contributed by atoms with Gasteiger partial charge in [0.25, 0.3) is 0 Å². The summed E-state index contributed by atoms with van der Waals surface area (Å²) in [4.78, 5) is 17.7. The first kappa shape index (κ1) is 15.4. The molecule has 0 saturated carbocycles. The van der Waals surface area contributed by atoms with Gasteiger partial charge >= 0.3 is 0 Å². The van der Waals surface area contributed by atoms with E-state index in [1.54, 1.807) is 11.3 Å². The number of nitrogens with zero attached hydrogens (tertiary/aromatic N) is 1. The lowest BCUT2D eigenvalue weighted by molar-refractivity contribution is -0.116. The number of carbonyl (C=O) groups is 1. The molecule has 0 aliphatic heterocycles. The number of aromatic nitrogens is 1. The van der Waals surface area contributed by atoms with Gasteiger partial charge in [0, 0.05) is 17.3 Å². The molecule has 112 valence electrons. The third-order valence-electron chi connectivity index (χ3n) is 3.81. The van der Waals surface area contributed by atoms with Crippen molar-refractivity contribution in [2.75, 3.05) is 5.32 Å². The summed E-state index contributed by atoms with van der Waals surface area (Å²) in [7, 11) is 0. The Balaban J connectivity index is 1.90. The number of amides is 1. The van der Waals surface area contributed by atoms with Crippen molar-refractivity contribution in [1.82, 2.24) is 4.98 Å². The van der Waals surface area contributed by atoms with Crippen LogP contribution in [0.1, 0.15) is 56.5 Å². The number of nitrogens with two attached hydrogens (primary N) is 1. The molecule has 5 heteroatoms. The number of aryl methyl sites for hydroxylation is 1. The van der Waals surface area contributed by atoms with Crippen LogP contribution in [0, 0.1) is 5.92 Å². The molecule has 0 fully saturated rings. The Morgan fingerprint density at radius 1 is 1.60 bits per heavy atom. The van der Waals surface area contributed by atoms with Crippen molar-refractivity contribution in [2.24, 2.45) is 11.7 Å². The van der Waals surface area contributed by atoms with Crippen molar-refractivity contribution < 1.29 is 4.79 Å². The average Bonchev–Trinajstić information content (AvgIpc) is 2.78. The average molecular weight is 295 g/mol. The van der Waals surface area contributed by atoms with E-state index in [2.05, 4.69) is 17.2 Å². The number of carbonyl (C=O) groups excluding carboxylic acids is 1. The van der Waals surface area contributed by atoms with Crippen LogP contribution in [-0.2, 0) is 17.6 Å². The second kappa shape index (κ2) is 7.18. The fourth-order valence-corrected chi connectivity index (χ4v) is 3.83. The topological polar surface area (TPSA) is 68.0 Å². The maximum absolute atomic E-state index is 11.8. The molecule has 4 nitrogen and oxygen atoms in total. The first-order chi connectivity index (χ1) is 9.58. The summed E-state index contributed by atoms with van der Waals surface area (Å²) in [5.74, 6) is 0.827. The van der Waals surface area contributed by atoms with E-state index in [0.717, 1.165) is 30.3 Å². The number of nitrogens with one attached hydrogen (secondary N) is 1. The summed E-state index contributed by atoms with van der Waals surface area (Å²) < 4.78 is 0. The molecule has 1 aliphatic rings. The first-order valence-corrected chi connectivity index (χ1v) is 8.44. The normalized spacial score (nSPS) is 19.4. The molecule has 2 atom stereocenters. The summed E-state index contributed by atoms with van der Waals surface area (Å²) in [6, 6.07) is 0.0695. The third kappa shape index (κ3) is 4.28. The van der Waals surface area contributed by atoms with Crippen LogP contribution in [0.25, 0.3) is 0 Å². The van der Waals surface area contributed by atoms with Crippen molar-refractivity contribution in [2.45, 2.75) is 64.8 Å². The highest BCUT2D eigenvalue weighted by atomic mass is 32.1. The monoisotopic (exact) mass is 295 g/mol. The van der Waals surface area contributed by atoms with Crippen molar-refractivity contribution >= 4 is 22.4 Å². The van der Waals surface area contributed by atoms with Crippen molar-refractivity contribution in [3.05, 3.63) is 10.6 Å². The zero-order valence-corrected chi connectivity index (χ0v) is 13.3. The van der Waals surface area contributed by atoms with Crippen LogP contribution in [-0.4, -0.2) is 16.9 Å². The van der Waals surface area contributed by atoms with E-state index in [9.17, 15) is 4.79 Å². The molecule has 0 bridgehead atoms. The molecule has 0 radical (unpaired) electrons. The molecule has 2 unspecified atom stereocenters. The van der Waals surface area contributed by atoms with Gasteiger partial charge in [-0.1, -0.05) is 19.8 Å². The van der Waals surface area contributed by atoms with E-state index in [1.807, 2.05) is 6.92 Å². The molecule has 1 amide bonds. The molecule has 0 aromatic carbocycles. The number of fused-ring (bicyclic) bond motifs is 1. The Morgan fingerprint density at radius 3 is 3.10 bits per heavy atom. The maximum atomic E-state index is 11.8. The van der Waals surface area contributed by atoms with Gasteiger partial charge in [-0.2, -0.15) is 0 Å². The minimum Gasteiger partial charge on any atom is -0.328 e. The summed E-state index contributed by atoms with van der Waals surface area (Å²) in [5, 5.41) is 3.68. The zero-order chi connectivity index (χ0) is 14.5. The number of thiazole rings is 1. The number of hydrogen-bond donors (Lipinski definition) is 2. The lowest BCUT2D eigenvalue weighted by Crippen LogP contribution is -2.19. The second-order valence-corrected chi connectivity index (χ2v) is 6.93. The summed E-state index contributed by atoms with van der Waals surface area (Å²) >= 11 is 1.65. The lowest BCUT2D eigenvalue weighted by Gasteiger charge is -2.19. The fraction of sp³-hybridized carbons (Fsp3) is 0.733. The van der Waals surface area contributed by atoms with Gasteiger partial charge in [-0.15, -0.1) is 11.3 Å². The summed E-state index contributed by atoms with van der Waals surface area (Å²) in [5.41, 5.74) is 6.86. The largest absolute Gasteiger partial charge is 0.328 e. The molecule has 1 aliphatic carbocycles. The molecule has 1 heterocycles. The van der Waals surface area contributed by atoms with Crippen LogP contribution in [0.3, 0.4) is 0 Å². The van der Waals surface area contributed by atoms with Gasteiger partial charge in [-0.25, -0.2) is 4.98 Å². The van der Waals surface area contributed by atoms with Crippen LogP contribution >= 0.6 is 11.3 Å². The smallest absolute Gasteiger partial charge is 0.226 e. The number of hydrogen-bond acceptors (Lipinski definition) is 4. The third-order valence-corrected chi connectivity index (χ3v) is 4.85. The van der Waals surface area contributed by atoms with Crippen LogP contribution in [0.2, 0.25) is 0 Å². The molecule has 20 heavy (non-hydrogen) atoms. The van der Waals surface area contributed by atoms with Gasteiger partial charge in [-0.05, 0) is 38.5 Å². The molecule has 0 saturated heterocycles. The van der Waals surface area contributed by atoms with Crippen molar-refractivity contribution in [3.63, 3.8) is 0 Å². The van der Waals surface area contributed by atoms with E-state index in [0.29, 0.717) is 6.42 Å². The van der Waals surface area contributed by atoms with E-state index in [4.69, 9.17) is 5.73 Å². The molecule has 1 aromatic heterocycles. The highest BCUT2D eigenvalue weighted by Gasteiger charge is 2.22. The molecule has 1 aromatic rings. The second-order valence-electron chi connectivity index (χ2n) is 5.85. The van der Waals surface area contributed by atoms with Gasteiger partial charge in [0.1, 0.15) is 0 Å². The van der Waals surface area contributed by atoms with Gasteiger partial charge in [0.15, 0.2) is 5.13 Å². The zero-order valence-electron chi connectivity index (χ0n) is 12.4. The van der Waals surface area contributed by atoms with Gasteiger partial charge in [-0.3, -0.25) is 4.79 Å². The molecular weight excluding hydrogens is 270 g/mol. The predicted octanol–water partition coefficient (Wildman–Crippen LogP) is 3.11. The van der Waals surface area contributed by atoms with E-state index in [1.165, 1.54) is 29.8 Å². The fourth-order valence-electron chi connectivity index (χ4n) is 2.69. The highest BCUT2D eigenvalue weighted by molar-refractivity contribution is 7.15. The minimum absolute atomic E-state index is 0.0264. The molecule has 0 spiro atoms. The van der Waals surface area contributed by atoms with Crippen molar-refractivity contribution in [1.29, 1.82) is 0 Å². The molecule has 2 rings (SSSR count). The van der Waals surface area contributed by atoms with Gasteiger partial charge in [0.05, 0.1) is 5.69 Å². The Hall–Kier alpha value is -0.940. The maximum Gasteiger partial charge on any atom is 0.226 e. The van der Waals surface area contributed by atoms with Crippen LogP contribution in [0.4, 0.5) is 5.13 Å². The summed E-state index contributed by atoms with van der Waals surface area (Å²) in [6.45, 7) is 4.16. The number of anilines is 1. The summed E-state index contributed by atoms with van der Waals surface area (Å²) in [6.07, 6.45) is 7.17. The Bertz CT molecular complexity index is 456. The Labute approximate surface area is 125 Å². The standard InChI is InChI=1S/C15H25N3OS/c1-3-4-11-6-7-12-13(9-11)20-15(17-12)18-14(19)8-5-10(2)16/h10-11H,3-9,16H2,1-2H3,(H,17,18,19). The van der Waals surface area contributed by atoms with Gasteiger partial charge < -0.3 is 11.1 Å². The van der Waals surface area contributed by atoms with E-state index < -0.39 is 0 Å². The van der Waals surface area contributed by atoms with E-state index >= 15 is 0 Å². The predicted molar refractivity (Wildman–Crippen MR) is 84.1 cm³/mol. The van der Waals surface area contributed by atoms with Crippen LogP contribution in [0.5, 0.6) is 0 Å². The Morgan fingerprint density at radius 2 is 2.40 bits per heavy atom. The molecular formula is C15H25N3OS. The lowest BCUT2D eigenvalue weighted by atomic mass is 9.88. The minimum atomic E-state index is 0.0264. The van der Waals surface area contributed by atoms with Crippen LogP contribution in [0.15, 0.2) is 0 Å². The Kier molecular flexibility index (Phi) is 5.54. The van der Waals surface area contributed by atoms with E-state index in [-0.39, 0.29) is 11.9 Å². The number of rotatable bonds is 6. The highest BCUT2D eigenvalue weighted by Crippen LogP contribution is 2.34. The van der Waals surface area contributed by atoms with Crippen LogP contribution < -0.4 is 11.1 Å². The molecule has 3 N–H and O–H groups in total. The van der Waals surface area contributed by atoms with Crippen molar-refractivity contribution in [3.8, 4) is 0 Å². The SMILES string of the molecule is CCCC1CCc2nc(NC(=O)CCC(C)N)sc2C1. The quantitative estimate of drug-likeness (QED) is 0.847.